The number of fused-ring (bicyclic) bond motifs is 1. The highest BCUT2D eigenvalue weighted by atomic mass is 16.5. The van der Waals surface area contributed by atoms with Crippen molar-refractivity contribution >= 4 is 40.1 Å². The van der Waals surface area contributed by atoms with Gasteiger partial charge in [0.1, 0.15) is 17.3 Å². The van der Waals surface area contributed by atoms with Crippen LogP contribution in [0.2, 0.25) is 0 Å². The van der Waals surface area contributed by atoms with E-state index in [1.165, 1.54) is 12.4 Å². The van der Waals surface area contributed by atoms with Gasteiger partial charge in [0.25, 0.3) is 5.91 Å². The summed E-state index contributed by atoms with van der Waals surface area (Å²) in [5, 5.41) is 14.5. The number of hydrogen-bond donors (Lipinski definition) is 4. The molecule has 9 heteroatoms. The van der Waals surface area contributed by atoms with Crippen LogP contribution < -0.4 is 25.8 Å². The molecule has 0 saturated heterocycles. The molecule has 0 fully saturated rings. The van der Waals surface area contributed by atoms with E-state index in [9.17, 15) is 4.79 Å². The Kier molecular flexibility index (Phi) is 9.07. The van der Waals surface area contributed by atoms with Gasteiger partial charge >= 0.3 is 0 Å². The average Bonchev–Trinajstić information content (AvgIpc) is 2.97. The van der Waals surface area contributed by atoms with E-state index in [2.05, 4.69) is 10.6 Å². The molecule has 1 aromatic heterocycles. The van der Waals surface area contributed by atoms with Gasteiger partial charge in [0.05, 0.1) is 12.1 Å². The molecule has 0 aliphatic heterocycles. The molecule has 3 aromatic carbocycles. The predicted molar refractivity (Wildman–Crippen MR) is 156 cm³/mol. The normalized spacial score (nSPS) is 11.2. The summed E-state index contributed by atoms with van der Waals surface area (Å²) in [6.07, 6.45) is 3.49. The Balaban J connectivity index is 1.68. The monoisotopic (exact) mass is 524 g/mol. The number of nitrogens with two attached hydrogens (primary N) is 1. The Hall–Kier alpha value is -4.92. The van der Waals surface area contributed by atoms with Crippen LogP contribution in [0.25, 0.3) is 27.9 Å². The molecule has 0 saturated carbocycles. The van der Waals surface area contributed by atoms with Gasteiger partial charge in [-0.3, -0.25) is 4.79 Å². The molecule has 0 radical (unpaired) electrons. The maximum absolute atomic E-state index is 12.0. The third-order valence-electron chi connectivity index (χ3n) is 5.83. The van der Waals surface area contributed by atoms with Crippen molar-refractivity contribution < 1.29 is 14.3 Å². The first-order valence-electron chi connectivity index (χ1n) is 12.8. The summed E-state index contributed by atoms with van der Waals surface area (Å²) in [5.74, 6) is 2.22. The Morgan fingerprint density at radius 2 is 1.79 bits per heavy atom. The van der Waals surface area contributed by atoms with Crippen LogP contribution >= 0.6 is 0 Å². The molecule has 200 valence electrons. The number of carbonyl (C=O) groups excluding carboxylic acids is 1. The summed E-state index contributed by atoms with van der Waals surface area (Å²) in [7, 11) is 0. The number of carbonyl (C=O) groups is 1. The number of hydrogen-bond acceptors (Lipinski definition) is 8. The lowest BCUT2D eigenvalue weighted by atomic mass is 10.1. The smallest absolute Gasteiger partial charge is 0.257 e. The quantitative estimate of drug-likeness (QED) is 0.185. The lowest BCUT2D eigenvalue weighted by Gasteiger charge is -2.13. The lowest BCUT2D eigenvalue weighted by Crippen LogP contribution is -2.29. The van der Waals surface area contributed by atoms with Crippen LogP contribution in [-0.4, -0.2) is 41.8 Å². The molecule has 1 amide bonds. The SMILES string of the molecule is CCCNC(=O)COc1cccc(-c2nc(Nc3ccc(/C(C=N)=C/N)cc3)c3cc(OCC)ccc3n2)c1. The third-order valence-corrected chi connectivity index (χ3v) is 5.83. The van der Waals surface area contributed by atoms with Gasteiger partial charge in [-0.1, -0.05) is 31.2 Å². The van der Waals surface area contributed by atoms with Gasteiger partial charge in [-0.05, 0) is 61.4 Å². The second kappa shape index (κ2) is 13.0. The van der Waals surface area contributed by atoms with E-state index in [4.69, 9.17) is 30.6 Å². The summed E-state index contributed by atoms with van der Waals surface area (Å²) in [6.45, 7) is 5.03. The Bertz CT molecular complexity index is 1480. The lowest BCUT2D eigenvalue weighted by molar-refractivity contribution is -0.123. The minimum absolute atomic E-state index is 0.0654. The minimum Gasteiger partial charge on any atom is -0.494 e. The van der Waals surface area contributed by atoms with Crippen molar-refractivity contribution in [2.45, 2.75) is 20.3 Å². The number of benzene rings is 3. The van der Waals surface area contributed by atoms with E-state index in [1.54, 1.807) is 6.07 Å². The first-order valence-corrected chi connectivity index (χ1v) is 12.8. The second-order valence-electron chi connectivity index (χ2n) is 8.64. The van der Waals surface area contributed by atoms with Gasteiger partial charge < -0.3 is 31.3 Å². The minimum atomic E-state index is -0.165. The van der Waals surface area contributed by atoms with Crippen LogP contribution in [0.15, 0.2) is 72.9 Å². The number of anilines is 2. The van der Waals surface area contributed by atoms with Crippen LogP contribution in [0.5, 0.6) is 11.5 Å². The predicted octanol–water partition coefficient (Wildman–Crippen LogP) is 5.29. The molecular formula is C30H32N6O3. The zero-order chi connectivity index (χ0) is 27.6. The van der Waals surface area contributed by atoms with Crippen LogP contribution in [-0.2, 0) is 4.79 Å². The standard InChI is InChI=1S/C30H32N6O3/c1-3-14-33-28(37)19-39-24-7-5-6-21(15-24)29-35-27-13-12-25(38-4-2)16-26(27)30(36-29)34-23-10-8-20(9-11-23)22(17-31)18-32/h5-13,15-18,31H,3-4,14,19,32H2,1-2H3,(H,33,37)(H,34,35,36)/b22-18+,31-17?. The molecule has 5 N–H and O–H groups in total. The molecule has 0 spiro atoms. The van der Waals surface area contributed by atoms with Crippen molar-refractivity contribution in [3.05, 3.63) is 78.5 Å². The van der Waals surface area contributed by atoms with Crippen molar-refractivity contribution in [3.63, 3.8) is 0 Å². The Morgan fingerprint density at radius 3 is 2.51 bits per heavy atom. The average molecular weight is 525 g/mol. The number of rotatable bonds is 12. The first kappa shape index (κ1) is 27.1. The summed E-state index contributed by atoms with van der Waals surface area (Å²) in [5.41, 5.74) is 9.39. The van der Waals surface area contributed by atoms with Crippen molar-refractivity contribution in [2.24, 2.45) is 5.73 Å². The van der Waals surface area contributed by atoms with Crippen LogP contribution in [0.1, 0.15) is 25.8 Å². The number of nitrogens with one attached hydrogen (secondary N) is 3. The highest BCUT2D eigenvalue weighted by Gasteiger charge is 2.13. The molecule has 4 aromatic rings. The van der Waals surface area contributed by atoms with E-state index in [-0.39, 0.29) is 12.5 Å². The van der Waals surface area contributed by atoms with E-state index in [1.807, 2.05) is 74.5 Å². The fourth-order valence-corrected chi connectivity index (χ4v) is 3.89. The maximum Gasteiger partial charge on any atom is 0.257 e. The summed E-state index contributed by atoms with van der Waals surface area (Å²) in [6, 6.07) is 20.6. The van der Waals surface area contributed by atoms with Crippen molar-refractivity contribution in [3.8, 4) is 22.9 Å². The Morgan fingerprint density at radius 1 is 1.00 bits per heavy atom. The summed E-state index contributed by atoms with van der Waals surface area (Å²) >= 11 is 0. The van der Waals surface area contributed by atoms with Crippen LogP contribution in [0.3, 0.4) is 0 Å². The molecule has 9 nitrogen and oxygen atoms in total. The van der Waals surface area contributed by atoms with Gasteiger partial charge in [0, 0.05) is 41.2 Å². The van der Waals surface area contributed by atoms with E-state index in [0.717, 1.165) is 39.9 Å². The van der Waals surface area contributed by atoms with E-state index >= 15 is 0 Å². The van der Waals surface area contributed by atoms with Crippen LogP contribution in [0, 0.1) is 5.41 Å². The fraction of sp³-hybridized carbons (Fsp3) is 0.200. The molecule has 39 heavy (non-hydrogen) atoms. The number of amides is 1. The fourth-order valence-electron chi connectivity index (χ4n) is 3.89. The zero-order valence-electron chi connectivity index (χ0n) is 22.0. The molecule has 0 aliphatic carbocycles. The molecule has 0 unspecified atom stereocenters. The van der Waals surface area contributed by atoms with E-state index in [0.29, 0.717) is 36.1 Å². The molecule has 1 heterocycles. The van der Waals surface area contributed by atoms with E-state index < -0.39 is 0 Å². The highest BCUT2D eigenvalue weighted by molar-refractivity contribution is 6.08. The van der Waals surface area contributed by atoms with Crippen molar-refractivity contribution in [1.29, 1.82) is 5.41 Å². The van der Waals surface area contributed by atoms with Crippen molar-refractivity contribution in [2.75, 3.05) is 25.1 Å². The van der Waals surface area contributed by atoms with Gasteiger partial charge in [0.15, 0.2) is 12.4 Å². The molecule has 0 bridgehead atoms. The largest absolute Gasteiger partial charge is 0.494 e. The topological polar surface area (TPSA) is 135 Å². The number of nitrogens with zero attached hydrogens (tertiary/aromatic N) is 2. The molecule has 0 aliphatic rings. The molecule has 0 atom stereocenters. The Labute approximate surface area is 227 Å². The first-order chi connectivity index (χ1) is 19.0. The number of aromatic nitrogens is 2. The summed E-state index contributed by atoms with van der Waals surface area (Å²) < 4.78 is 11.4. The summed E-state index contributed by atoms with van der Waals surface area (Å²) in [4.78, 5) is 21.6. The second-order valence-corrected chi connectivity index (χ2v) is 8.64. The maximum atomic E-state index is 12.0. The molecular weight excluding hydrogens is 492 g/mol. The van der Waals surface area contributed by atoms with Crippen molar-refractivity contribution in [1.82, 2.24) is 15.3 Å². The number of allylic oxidation sites excluding steroid dienone is 1. The highest BCUT2D eigenvalue weighted by Crippen LogP contribution is 2.31. The van der Waals surface area contributed by atoms with Gasteiger partial charge in [-0.2, -0.15) is 0 Å². The third kappa shape index (κ3) is 6.89. The number of ether oxygens (including phenoxy) is 2. The van der Waals surface area contributed by atoms with Gasteiger partial charge in [0.2, 0.25) is 0 Å². The molecule has 4 rings (SSSR count). The van der Waals surface area contributed by atoms with Gasteiger partial charge in [-0.25, -0.2) is 9.97 Å². The van der Waals surface area contributed by atoms with Crippen LogP contribution in [0.4, 0.5) is 11.5 Å². The van der Waals surface area contributed by atoms with Gasteiger partial charge in [-0.15, -0.1) is 0 Å². The zero-order valence-corrected chi connectivity index (χ0v) is 22.0.